The Morgan fingerprint density at radius 3 is 2.42 bits per heavy atom. The Morgan fingerprint density at radius 1 is 1.21 bits per heavy atom. The number of hydroxylamine groups is 2. The van der Waals surface area contributed by atoms with Crippen molar-refractivity contribution >= 4 is 23.5 Å². The number of rotatable bonds is 5. The lowest BCUT2D eigenvalue weighted by molar-refractivity contribution is -0.174. The predicted octanol–water partition coefficient (Wildman–Crippen LogP) is 2.72. The second-order valence-electron chi connectivity index (χ2n) is 6.02. The second-order valence-corrected chi connectivity index (χ2v) is 6.46. The fourth-order valence-corrected chi connectivity index (χ4v) is 2.98. The fourth-order valence-electron chi connectivity index (χ4n) is 2.85. The van der Waals surface area contributed by atoms with Crippen molar-refractivity contribution in [2.24, 2.45) is 5.92 Å². The maximum atomic E-state index is 12.0. The molecule has 1 aromatic carbocycles. The summed E-state index contributed by atoms with van der Waals surface area (Å²) in [5.41, 5.74) is 0.992. The van der Waals surface area contributed by atoms with E-state index in [1.165, 1.54) is 12.2 Å². The number of carbonyl (C=O) groups is 2. The van der Waals surface area contributed by atoms with Gasteiger partial charge in [0.05, 0.1) is 7.11 Å². The molecule has 1 aromatic rings. The first-order chi connectivity index (χ1) is 11.5. The molecule has 6 nitrogen and oxygen atoms in total. The Morgan fingerprint density at radius 2 is 1.83 bits per heavy atom. The summed E-state index contributed by atoms with van der Waals surface area (Å²) >= 11 is 5.83. The van der Waals surface area contributed by atoms with Gasteiger partial charge >= 0.3 is 6.03 Å². The zero-order valence-corrected chi connectivity index (χ0v) is 14.8. The largest absolute Gasteiger partial charge is 0.335 e. The van der Waals surface area contributed by atoms with Crippen molar-refractivity contribution in [3.8, 4) is 0 Å². The summed E-state index contributed by atoms with van der Waals surface area (Å²) in [7, 11) is 3.10. The van der Waals surface area contributed by atoms with E-state index < -0.39 is 0 Å². The minimum atomic E-state index is -0.186. The zero-order valence-electron chi connectivity index (χ0n) is 14.0. The van der Waals surface area contributed by atoms with E-state index in [1.54, 1.807) is 19.2 Å². The normalized spacial score (nSPS) is 20.3. The van der Waals surface area contributed by atoms with E-state index in [9.17, 15) is 9.59 Å². The van der Waals surface area contributed by atoms with Crippen molar-refractivity contribution in [2.75, 3.05) is 14.2 Å². The molecule has 0 aliphatic heterocycles. The van der Waals surface area contributed by atoms with Crippen LogP contribution >= 0.6 is 11.6 Å². The van der Waals surface area contributed by atoms with Gasteiger partial charge in [0.1, 0.15) is 0 Å². The van der Waals surface area contributed by atoms with Crippen LogP contribution in [0.25, 0.3) is 0 Å². The first kappa shape index (κ1) is 18.5. The third-order valence-corrected chi connectivity index (χ3v) is 4.61. The monoisotopic (exact) mass is 353 g/mol. The van der Waals surface area contributed by atoms with Crippen LogP contribution < -0.4 is 10.6 Å². The molecular formula is C17H24ClN3O3. The van der Waals surface area contributed by atoms with E-state index in [1.807, 2.05) is 12.1 Å². The van der Waals surface area contributed by atoms with E-state index in [4.69, 9.17) is 16.4 Å². The molecule has 1 aliphatic carbocycles. The maximum Gasteiger partial charge on any atom is 0.315 e. The van der Waals surface area contributed by atoms with E-state index >= 15 is 0 Å². The molecule has 0 bridgehead atoms. The summed E-state index contributed by atoms with van der Waals surface area (Å²) < 4.78 is 0. The molecule has 132 valence electrons. The second kappa shape index (κ2) is 8.89. The summed E-state index contributed by atoms with van der Waals surface area (Å²) in [5.74, 6) is -0.0201. The van der Waals surface area contributed by atoms with Crippen molar-refractivity contribution in [3.63, 3.8) is 0 Å². The van der Waals surface area contributed by atoms with Crippen LogP contribution in [0, 0.1) is 5.92 Å². The van der Waals surface area contributed by atoms with Gasteiger partial charge in [-0.15, -0.1) is 0 Å². The zero-order chi connectivity index (χ0) is 17.5. The summed E-state index contributed by atoms with van der Waals surface area (Å²) in [4.78, 5) is 28.9. The average Bonchev–Trinajstić information content (AvgIpc) is 2.60. The number of nitrogens with zero attached hydrogens (tertiary/aromatic N) is 1. The standard InChI is InChI=1S/C17H24ClN3O3/c1-21(24-2)16(22)13-5-9-15(10-6-13)20-17(23)19-11-12-3-7-14(18)8-4-12/h3-4,7-8,13,15H,5-6,9-11H2,1-2H3,(H2,19,20,23). The van der Waals surface area contributed by atoms with Gasteiger partial charge in [0, 0.05) is 30.6 Å². The van der Waals surface area contributed by atoms with Crippen LogP contribution in [0.2, 0.25) is 5.02 Å². The molecule has 3 amide bonds. The third kappa shape index (κ3) is 5.39. The molecule has 0 atom stereocenters. The number of hydrogen-bond acceptors (Lipinski definition) is 3. The fraction of sp³-hybridized carbons (Fsp3) is 0.529. The lowest BCUT2D eigenvalue weighted by Crippen LogP contribution is -2.44. The number of benzene rings is 1. The number of carbonyl (C=O) groups excluding carboxylic acids is 2. The van der Waals surface area contributed by atoms with Crippen molar-refractivity contribution in [2.45, 2.75) is 38.3 Å². The van der Waals surface area contributed by atoms with E-state index in [0.29, 0.717) is 11.6 Å². The van der Waals surface area contributed by atoms with Crippen LogP contribution in [0.15, 0.2) is 24.3 Å². The molecule has 0 spiro atoms. The van der Waals surface area contributed by atoms with Crippen molar-refractivity contribution in [1.82, 2.24) is 15.7 Å². The number of urea groups is 1. The van der Waals surface area contributed by atoms with Crippen LogP contribution in [0.3, 0.4) is 0 Å². The maximum absolute atomic E-state index is 12.0. The number of halogens is 1. The highest BCUT2D eigenvalue weighted by Gasteiger charge is 2.29. The van der Waals surface area contributed by atoms with Crippen LogP contribution in [-0.4, -0.2) is 37.2 Å². The molecule has 2 N–H and O–H groups in total. The molecule has 24 heavy (non-hydrogen) atoms. The Labute approximate surface area is 147 Å². The summed E-state index contributed by atoms with van der Waals surface area (Å²) in [6.45, 7) is 0.454. The molecule has 1 fully saturated rings. The van der Waals surface area contributed by atoms with Gasteiger partial charge in [-0.3, -0.25) is 9.63 Å². The minimum Gasteiger partial charge on any atom is -0.335 e. The Kier molecular flexibility index (Phi) is 6.87. The number of hydrogen-bond donors (Lipinski definition) is 2. The first-order valence-electron chi connectivity index (χ1n) is 8.10. The molecule has 0 saturated heterocycles. The van der Waals surface area contributed by atoms with Gasteiger partial charge in [0.15, 0.2) is 0 Å². The van der Waals surface area contributed by atoms with E-state index in [2.05, 4.69) is 10.6 Å². The quantitative estimate of drug-likeness (QED) is 0.799. The van der Waals surface area contributed by atoms with Gasteiger partial charge in [-0.1, -0.05) is 23.7 Å². The van der Waals surface area contributed by atoms with Gasteiger partial charge < -0.3 is 10.6 Å². The van der Waals surface area contributed by atoms with Crippen LogP contribution in [0.1, 0.15) is 31.2 Å². The lowest BCUT2D eigenvalue weighted by Gasteiger charge is -2.30. The van der Waals surface area contributed by atoms with Gasteiger partial charge in [-0.2, -0.15) is 0 Å². The highest BCUT2D eigenvalue weighted by Crippen LogP contribution is 2.25. The Hall–Kier alpha value is -1.79. The summed E-state index contributed by atoms with van der Waals surface area (Å²) in [5, 5.41) is 7.76. The molecule has 0 heterocycles. The van der Waals surface area contributed by atoms with Gasteiger partial charge in [-0.05, 0) is 43.4 Å². The molecular weight excluding hydrogens is 330 g/mol. The van der Waals surface area contributed by atoms with Crippen LogP contribution in [-0.2, 0) is 16.2 Å². The molecule has 7 heteroatoms. The predicted molar refractivity (Wildman–Crippen MR) is 92.3 cm³/mol. The highest BCUT2D eigenvalue weighted by molar-refractivity contribution is 6.30. The molecule has 2 rings (SSSR count). The Balaban J connectivity index is 1.70. The molecule has 0 radical (unpaired) electrons. The number of nitrogens with one attached hydrogen (secondary N) is 2. The SMILES string of the molecule is CON(C)C(=O)C1CCC(NC(=O)NCc2ccc(Cl)cc2)CC1. The molecule has 0 aromatic heterocycles. The summed E-state index contributed by atoms with van der Waals surface area (Å²) in [6.07, 6.45) is 3.11. The molecule has 1 saturated carbocycles. The summed E-state index contributed by atoms with van der Waals surface area (Å²) in [6, 6.07) is 7.27. The smallest absolute Gasteiger partial charge is 0.315 e. The van der Waals surface area contributed by atoms with Crippen molar-refractivity contribution in [3.05, 3.63) is 34.9 Å². The first-order valence-corrected chi connectivity index (χ1v) is 8.48. The van der Waals surface area contributed by atoms with Gasteiger partial charge in [-0.25, -0.2) is 9.86 Å². The van der Waals surface area contributed by atoms with E-state index in [-0.39, 0.29) is 23.9 Å². The minimum absolute atomic E-state index is 0.00291. The highest BCUT2D eigenvalue weighted by atomic mass is 35.5. The number of amides is 3. The molecule has 0 unspecified atom stereocenters. The van der Waals surface area contributed by atoms with Gasteiger partial charge in [0.25, 0.3) is 0 Å². The topological polar surface area (TPSA) is 70.7 Å². The lowest BCUT2D eigenvalue weighted by atomic mass is 9.85. The van der Waals surface area contributed by atoms with Gasteiger partial charge in [0.2, 0.25) is 5.91 Å². The average molecular weight is 354 g/mol. The van der Waals surface area contributed by atoms with E-state index in [0.717, 1.165) is 31.2 Å². The van der Waals surface area contributed by atoms with Crippen molar-refractivity contribution in [1.29, 1.82) is 0 Å². The Bertz CT molecular complexity index is 557. The van der Waals surface area contributed by atoms with Crippen molar-refractivity contribution < 1.29 is 14.4 Å². The van der Waals surface area contributed by atoms with Crippen LogP contribution in [0.4, 0.5) is 4.79 Å². The van der Waals surface area contributed by atoms with Crippen LogP contribution in [0.5, 0.6) is 0 Å². The third-order valence-electron chi connectivity index (χ3n) is 4.36. The molecule has 1 aliphatic rings.